The third kappa shape index (κ3) is 5.08. The number of aromatic nitrogens is 2. The van der Waals surface area contributed by atoms with E-state index >= 15 is 0 Å². The van der Waals surface area contributed by atoms with Gasteiger partial charge in [-0.25, -0.2) is 4.98 Å². The summed E-state index contributed by atoms with van der Waals surface area (Å²) in [6.45, 7) is 5.43. The van der Waals surface area contributed by atoms with Crippen LogP contribution in [0.5, 0.6) is 0 Å². The molecule has 28 heavy (non-hydrogen) atoms. The van der Waals surface area contributed by atoms with Crippen molar-refractivity contribution >= 4 is 22.8 Å². The van der Waals surface area contributed by atoms with E-state index in [-0.39, 0.29) is 17.9 Å². The average Bonchev–Trinajstić information content (AvgIpc) is 2.70. The van der Waals surface area contributed by atoms with Crippen LogP contribution in [0, 0.1) is 0 Å². The number of nitrogens with one attached hydrogen (secondary N) is 1. The van der Waals surface area contributed by atoms with Crippen molar-refractivity contribution in [2.75, 3.05) is 58.4 Å². The zero-order valence-corrected chi connectivity index (χ0v) is 16.7. The first kappa shape index (κ1) is 20.3. The molecule has 8 nitrogen and oxygen atoms in total. The number of anilines is 1. The number of morpholine rings is 1. The maximum Gasteiger partial charge on any atom is 0.293 e. The Morgan fingerprint density at radius 2 is 1.96 bits per heavy atom. The summed E-state index contributed by atoms with van der Waals surface area (Å²) in [6, 6.07) is 7.51. The number of amides is 1. The standard InChI is InChI=1S/C20H29N5O3/c1-23(2)19-20(27)25(17-7-4-3-6-16(17)22-19)11-8-18(26)21-9-5-10-24-12-14-28-15-13-24/h3-4,6-7H,5,8-15H2,1-2H3,(H,21,26). The molecule has 0 saturated carbocycles. The van der Waals surface area contributed by atoms with E-state index in [1.165, 1.54) is 0 Å². The van der Waals surface area contributed by atoms with Gasteiger partial charge in [0.15, 0.2) is 5.82 Å². The number of fused-ring (bicyclic) bond motifs is 1. The Kier molecular flexibility index (Phi) is 7.00. The second kappa shape index (κ2) is 9.66. The Morgan fingerprint density at radius 1 is 1.21 bits per heavy atom. The first-order chi connectivity index (χ1) is 13.6. The zero-order valence-electron chi connectivity index (χ0n) is 16.7. The molecule has 1 fully saturated rings. The monoisotopic (exact) mass is 387 g/mol. The zero-order chi connectivity index (χ0) is 19.9. The van der Waals surface area contributed by atoms with Gasteiger partial charge in [0.05, 0.1) is 24.2 Å². The molecule has 1 saturated heterocycles. The summed E-state index contributed by atoms with van der Waals surface area (Å²) in [6.07, 6.45) is 1.17. The number of para-hydroxylation sites is 2. The van der Waals surface area contributed by atoms with Gasteiger partial charge in [0.1, 0.15) is 0 Å². The molecule has 2 aromatic rings. The van der Waals surface area contributed by atoms with E-state index in [0.29, 0.717) is 18.9 Å². The highest BCUT2D eigenvalue weighted by molar-refractivity contribution is 5.78. The number of aryl methyl sites for hydroxylation is 1. The second-order valence-electron chi connectivity index (χ2n) is 7.18. The Hall–Kier alpha value is -2.45. The summed E-state index contributed by atoms with van der Waals surface area (Å²) < 4.78 is 6.98. The molecule has 1 aliphatic heterocycles. The fraction of sp³-hybridized carbons (Fsp3) is 0.550. The van der Waals surface area contributed by atoms with Gasteiger partial charge in [0.25, 0.3) is 5.56 Å². The quantitative estimate of drug-likeness (QED) is 0.672. The number of ether oxygens (including phenoxy) is 1. The molecule has 8 heteroatoms. The van der Waals surface area contributed by atoms with E-state index < -0.39 is 0 Å². The number of rotatable bonds is 8. The maximum absolute atomic E-state index is 12.8. The van der Waals surface area contributed by atoms with E-state index in [1.807, 2.05) is 24.3 Å². The van der Waals surface area contributed by atoms with Crippen LogP contribution in [0.4, 0.5) is 5.82 Å². The number of hydrogen-bond acceptors (Lipinski definition) is 6. The fourth-order valence-corrected chi connectivity index (χ4v) is 3.35. The van der Waals surface area contributed by atoms with Crippen LogP contribution in [0.1, 0.15) is 12.8 Å². The number of benzene rings is 1. The van der Waals surface area contributed by atoms with E-state index in [0.717, 1.165) is 50.3 Å². The molecule has 0 bridgehead atoms. The van der Waals surface area contributed by atoms with E-state index in [1.54, 1.807) is 23.6 Å². The molecule has 152 valence electrons. The topological polar surface area (TPSA) is 79.7 Å². The Labute approximate surface area is 165 Å². The van der Waals surface area contributed by atoms with Gasteiger partial charge in [-0.2, -0.15) is 0 Å². The van der Waals surface area contributed by atoms with Gasteiger partial charge in [-0.05, 0) is 25.1 Å². The summed E-state index contributed by atoms with van der Waals surface area (Å²) in [5.41, 5.74) is 1.32. The minimum absolute atomic E-state index is 0.0406. The summed E-state index contributed by atoms with van der Waals surface area (Å²) in [7, 11) is 3.59. The van der Waals surface area contributed by atoms with Gasteiger partial charge < -0.3 is 19.5 Å². The lowest BCUT2D eigenvalue weighted by Crippen LogP contribution is -2.38. The lowest BCUT2D eigenvalue weighted by atomic mass is 10.2. The molecular weight excluding hydrogens is 358 g/mol. The Morgan fingerprint density at radius 3 is 2.71 bits per heavy atom. The summed E-state index contributed by atoms with van der Waals surface area (Å²) >= 11 is 0. The van der Waals surface area contributed by atoms with E-state index in [9.17, 15) is 9.59 Å². The molecule has 0 aliphatic carbocycles. The van der Waals surface area contributed by atoms with Crippen molar-refractivity contribution in [2.45, 2.75) is 19.4 Å². The Bertz CT molecular complexity index is 859. The van der Waals surface area contributed by atoms with E-state index in [2.05, 4.69) is 15.2 Å². The van der Waals surface area contributed by atoms with Crippen LogP contribution < -0.4 is 15.8 Å². The van der Waals surface area contributed by atoms with Crippen molar-refractivity contribution in [3.05, 3.63) is 34.6 Å². The van der Waals surface area contributed by atoms with Crippen molar-refractivity contribution in [1.82, 2.24) is 19.8 Å². The number of carbonyl (C=O) groups excluding carboxylic acids is 1. The van der Waals surface area contributed by atoms with Crippen molar-refractivity contribution < 1.29 is 9.53 Å². The minimum Gasteiger partial charge on any atom is -0.379 e. The Balaban J connectivity index is 1.56. The largest absolute Gasteiger partial charge is 0.379 e. The highest BCUT2D eigenvalue weighted by Crippen LogP contribution is 2.13. The van der Waals surface area contributed by atoms with Gasteiger partial charge >= 0.3 is 0 Å². The third-order valence-electron chi connectivity index (χ3n) is 4.90. The van der Waals surface area contributed by atoms with Crippen molar-refractivity contribution in [3.63, 3.8) is 0 Å². The number of hydrogen-bond donors (Lipinski definition) is 1. The lowest BCUT2D eigenvalue weighted by Gasteiger charge is -2.26. The van der Waals surface area contributed by atoms with Gasteiger partial charge in [0, 0.05) is 46.7 Å². The highest BCUT2D eigenvalue weighted by Gasteiger charge is 2.14. The predicted octanol–water partition coefficient (Wildman–Crippen LogP) is 0.691. The first-order valence-electron chi connectivity index (χ1n) is 9.80. The first-order valence-corrected chi connectivity index (χ1v) is 9.80. The van der Waals surface area contributed by atoms with Crippen LogP contribution in [0.3, 0.4) is 0 Å². The SMILES string of the molecule is CN(C)c1nc2ccccc2n(CCC(=O)NCCCN2CCOCC2)c1=O. The van der Waals surface area contributed by atoms with Crippen molar-refractivity contribution in [3.8, 4) is 0 Å². The lowest BCUT2D eigenvalue weighted by molar-refractivity contribution is -0.121. The molecule has 1 N–H and O–H groups in total. The molecule has 1 aromatic carbocycles. The van der Waals surface area contributed by atoms with E-state index in [4.69, 9.17) is 4.74 Å². The smallest absolute Gasteiger partial charge is 0.293 e. The van der Waals surface area contributed by atoms with Crippen LogP contribution in [-0.4, -0.2) is 73.8 Å². The van der Waals surface area contributed by atoms with Gasteiger partial charge in [-0.3, -0.25) is 14.5 Å². The molecule has 1 amide bonds. The molecule has 0 atom stereocenters. The normalized spacial score (nSPS) is 14.9. The summed E-state index contributed by atoms with van der Waals surface area (Å²) in [5.74, 6) is 0.339. The molecule has 1 aromatic heterocycles. The summed E-state index contributed by atoms with van der Waals surface area (Å²) in [4.78, 5) is 33.5. The van der Waals surface area contributed by atoms with Crippen molar-refractivity contribution in [1.29, 1.82) is 0 Å². The van der Waals surface area contributed by atoms with Crippen molar-refractivity contribution in [2.24, 2.45) is 0 Å². The molecule has 0 spiro atoms. The van der Waals surface area contributed by atoms with Crippen LogP contribution in [-0.2, 0) is 16.1 Å². The molecule has 3 rings (SSSR count). The maximum atomic E-state index is 12.8. The molecule has 0 unspecified atom stereocenters. The molecule has 1 aliphatic rings. The third-order valence-corrected chi connectivity index (χ3v) is 4.90. The molecule has 2 heterocycles. The fourth-order valence-electron chi connectivity index (χ4n) is 3.35. The highest BCUT2D eigenvalue weighted by atomic mass is 16.5. The van der Waals surface area contributed by atoms with Crippen LogP contribution in [0.25, 0.3) is 11.0 Å². The van der Waals surface area contributed by atoms with Gasteiger partial charge in [-0.1, -0.05) is 12.1 Å². The average molecular weight is 387 g/mol. The number of carbonyl (C=O) groups is 1. The number of nitrogens with zero attached hydrogens (tertiary/aromatic N) is 4. The van der Waals surface area contributed by atoms with Crippen LogP contribution in [0.15, 0.2) is 29.1 Å². The predicted molar refractivity (Wildman–Crippen MR) is 110 cm³/mol. The molecule has 0 radical (unpaired) electrons. The van der Waals surface area contributed by atoms with Crippen LogP contribution in [0.2, 0.25) is 0 Å². The van der Waals surface area contributed by atoms with Crippen LogP contribution >= 0.6 is 0 Å². The van der Waals surface area contributed by atoms with Gasteiger partial charge in [0.2, 0.25) is 5.91 Å². The minimum atomic E-state index is -0.177. The van der Waals surface area contributed by atoms with Gasteiger partial charge in [-0.15, -0.1) is 0 Å². The second-order valence-corrected chi connectivity index (χ2v) is 7.18. The summed E-state index contributed by atoms with van der Waals surface area (Å²) in [5, 5.41) is 2.96. The molecular formula is C20H29N5O3.